The van der Waals surface area contributed by atoms with E-state index in [-0.39, 0.29) is 0 Å². The maximum Gasteiger partial charge on any atom is 0.0561 e. The van der Waals surface area contributed by atoms with Gasteiger partial charge in [-0.05, 0) is 67.3 Å². The van der Waals surface area contributed by atoms with Crippen molar-refractivity contribution in [2.75, 3.05) is 6.54 Å². The fraction of sp³-hybridized carbons (Fsp3) is 0.778. The van der Waals surface area contributed by atoms with Crippen molar-refractivity contribution in [1.82, 2.24) is 5.32 Å². The van der Waals surface area contributed by atoms with Gasteiger partial charge in [-0.1, -0.05) is 39.3 Å². The van der Waals surface area contributed by atoms with E-state index in [1.54, 1.807) is 0 Å². The van der Waals surface area contributed by atoms with E-state index < -0.39 is 0 Å². The van der Waals surface area contributed by atoms with Gasteiger partial charge in [-0.2, -0.15) is 0 Å². The highest BCUT2D eigenvalue weighted by atomic mass is 35.5. The van der Waals surface area contributed by atoms with Crippen molar-refractivity contribution >= 4 is 22.9 Å². The van der Waals surface area contributed by atoms with Gasteiger partial charge in [0, 0.05) is 10.9 Å². The van der Waals surface area contributed by atoms with Gasteiger partial charge >= 0.3 is 0 Å². The number of rotatable bonds is 5. The van der Waals surface area contributed by atoms with E-state index in [1.165, 1.54) is 37.0 Å². The Morgan fingerprint density at radius 1 is 1.29 bits per heavy atom. The first-order valence-electron chi connectivity index (χ1n) is 8.39. The van der Waals surface area contributed by atoms with Gasteiger partial charge in [-0.25, -0.2) is 0 Å². The van der Waals surface area contributed by atoms with Crippen LogP contribution < -0.4 is 5.32 Å². The summed E-state index contributed by atoms with van der Waals surface area (Å²) in [6, 6.07) is 2.50. The smallest absolute Gasteiger partial charge is 0.0561 e. The molecule has 0 amide bonds. The zero-order valence-electron chi connectivity index (χ0n) is 13.9. The molecule has 3 heteroatoms. The van der Waals surface area contributed by atoms with Crippen molar-refractivity contribution in [3.63, 3.8) is 0 Å². The van der Waals surface area contributed by atoms with Crippen LogP contribution in [0, 0.1) is 17.3 Å². The summed E-state index contributed by atoms with van der Waals surface area (Å²) >= 11 is 8.22. The molecule has 1 N–H and O–H groups in total. The van der Waals surface area contributed by atoms with E-state index in [0.29, 0.717) is 11.5 Å². The summed E-state index contributed by atoms with van der Waals surface area (Å²) in [7, 11) is 0. The van der Waals surface area contributed by atoms with Crippen LogP contribution in [0.5, 0.6) is 0 Å². The molecule has 1 aromatic rings. The Morgan fingerprint density at radius 2 is 1.95 bits per heavy atom. The standard InChI is InChI=1S/C18H30ClNS/c1-5-11-20-16(17-15(19)10-12-21-17)13-6-8-14(9-7-13)18(2,3)4/h10,12-14,16,20H,5-9,11H2,1-4H3. The quantitative estimate of drug-likeness (QED) is 0.669. The predicted molar refractivity (Wildman–Crippen MR) is 95.3 cm³/mol. The maximum atomic E-state index is 6.40. The molecule has 1 aliphatic carbocycles. The Balaban J connectivity index is 2.04. The topological polar surface area (TPSA) is 12.0 Å². The molecule has 1 saturated carbocycles. The summed E-state index contributed by atoms with van der Waals surface area (Å²) in [5, 5.41) is 6.84. The minimum absolute atomic E-state index is 0.456. The Bertz CT molecular complexity index is 427. The minimum Gasteiger partial charge on any atom is -0.309 e. The highest BCUT2D eigenvalue weighted by Gasteiger charge is 2.34. The highest BCUT2D eigenvalue weighted by Crippen LogP contribution is 2.45. The van der Waals surface area contributed by atoms with Crippen molar-refractivity contribution < 1.29 is 0 Å². The van der Waals surface area contributed by atoms with Crippen LogP contribution >= 0.6 is 22.9 Å². The largest absolute Gasteiger partial charge is 0.309 e. The summed E-state index contributed by atoms with van der Waals surface area (Å²) in [6.45, 7) is 10.5. The van der Waals surface area contributed by atoms with Crippen molar-refractivity contribution in [2.24, 2.45) is 17.3 Å². The van der Waals surface area contributed by atoms with Gasteiger partial charge in [0.15, 0.2) is 0 Å². The predicted octanol–water partition coefficient (Wildman–Crippen LogP) is 6.29. The van der Waals surface area contributed by atoms with Crippen LogP contribution in [0.15, 0.2) is 11.4 Å². The molecule has 0 radical (unpaired) electrons. The number of nitrogens with one attached hydrogen (secondary N) is 1. The van der Waals surface area contributed by atoms with Crippen LogP contribution in [-0.4, -0.2) is 6.54 Å². The summed E-state index contributed by atoms with van der Waals surface area (Å²) in [5.41, 5.74) is 0.456. The summed E-state index contributed by atoms with van der Waals surface area (Å²) in [5.74, 6) is 1.62. The Labute approximate surface area is 139 Å². The van der Waals surface area contributed by atoms with Crippen molar-refractivity contribution in [3.05, 3.63) is 21.3 Å². The van der Waals surface area contributed by atoms with E-state index in [1.807, 2.05) is 17.4 Å². The average molecular weight is 328 g/mol. The van der Waals surface area contributed by atoms with E-state index in [4.69, 9.17) is 11.6 Å². The normalized spacial score (nSPS) is 25.0. The SMILES string of the molecule is CCCNC(c1sccc1Cl)C1CCC(C(C)(C)C)CC1. The molecule has 0 spiro atoms. The fourth-order valence-corrected chi connectivity index (χ4v) is 4.96. The number of hydrogen-bond acceptors (Lipinski definition) is 2. The molecule has 21 heavy (non-hydrogen) atoms. The molecule has 1 aliphatic rings. The molecule has 1 unspecified atom stereocenters. The van der Waals surface area contributed by atoms with Crippen LogP contribution in [0.25, 0.3) is 0 Å². The second-order valence-corrected chi connectivity index (χ2v) is 8.90. The number of halogens is 1. The molecular formula is C18H30ClNS. The molecular weight excluding hydrogens is 298 g/mol. The third-order valence-corrected chi connectivity index (χ3v) is 6.45. The van der Waals surface area contributed by atoms with Crippen LogP contribution in [0.2, 0.25) is 5.02 Å². The maximum absolute atomic E-state index is 6.40. The molecule has 1 nitrogen and oxygen atoms in total. The average Bonchev–Trinajstić information content (AvgIpc) is 2.85. The first kappa shape index (κ1) is 17.3. The molecule has 1 heterocycles. The molecule has 1 aromatic heterocycles. The van der Waals surface area contributed by atoms with Crippen LogP contribution in [-0.2, 0) is 0 Å². The lowest BCUT2D eigenvalue weighted by atomic mass is 9.68. The lowest BCUT2D eigenvalue weighted by Crippen LogP contribution is -2.33. The van der Waals surface area contributed by atoms with Crippen molar-refractivity contribution in [2.45, 2.75) is 65.8 Å². The van der Waals surface area contributed by atoms with Gasteiger partial charge < -0.3 is 5.32 Å². The molecule has 0 bridgehead atoms. The van der Waals surface area contributed by atoms with Crippen molar-refractivity contribution in [3.8, 4) is 0 Å². The second kappa shape index (κ2) is 7.48. The lowest BCUT2D eigenvalue weighted by Gasteiger charge is -2.39. The Hall–Kier alpha value is -0.0500. The van der Waals surface area contributed by atoms with Gasteiger partial charge in [-0.15, -0.1) is 11.3 Å². The van der Waals surface area contributed by atoms with Crippen LogP contribution in [0.4, 0.5) is 0 Å². The minimum atomic E-state index is 0.456. The van der Waals surface area contributed by atoms with Gasteiger partial charge in [0.2, 0.25) is 0 Å². The number of thiophene rings is 1. The van der Waals surface area contributed by atoms with Gasteiger partial charge in [0.25, 0.3) is 0 Å². The summed E-state index contributed by atoms with van der Waals surface area (Å²) in [4.78, 5) is 1.35. The van der Waals surface area contributed by atoms with Crippen LogP contribution in [0.3, 0.4) is 0 Å². The van der Waals surface area contributed by atoms with Crippen molar-refractivity contribution in [1.29, 1.82) is 0 Å². The molecule has 0 aromatic carbocycles. The molecule has 2 rings (SSSR count). The van der Waals surface area contributed by atoms with Gasteiger partial charge in [0.05, 0.1) is 5.02 Å². The first-order chi connectivity index (χ1) is 9.93. The molecule has 1 atom stereocenters. The van der Waals surface area contributed by atoms with Gasteiger partial charge in [0.1, 0.15) is 0 Å². The monoisotopic (exact) mass is 327 g/mol. The first-order valence-corrected chi connectivity index (χ1v) is 9.65. The van der Waals surface area contributed by atoms with Gasteiger partial charge in [-0.3, -0.25) is 0 Å². The second-order valence-electron chi connectivity index (χ2n) is 7.54. The third kappa shape index (κ3) is 4.46. The van der Waals surface area contributed by atoms with E-state index in [0.717, 1.165) is 23.4 Å². The molecule has 120 valence electrons. The Morgan fingerprint density at radius 3 is 2.43 bits per heavy atom. The molecule has 0 aliphatic heterocycles. The Kier molecular flexibility index (Phi) is 6.16. The summed E-state index contributed by atoms with van der Waals surface area (Å²) < 4.78 is 0. The van der Waals surface area contributed by atoms with Crippen LogP contribution in [0.1, 0.15) is 70.7 Å². The van der Waals surface area contributed by atoms with E-state index in [2.05, 4.69) is 38.4 Å². The summed E-state index contributed by atoms with van der Waals surface area (Å²) in [6.07, 6.45) is 6.56. The van der Waals surface area contributed by atoms with E-state index in [9.17, 15) is 0 Å². The fourth-order valence-electron chi connectivity index (χ4n) is 3.62. The zero-order valence-corrected chi connectivity index (χ0v) is 15.5. The molecule has 0 saturated heterocycles. The highest BCUT2D eigenvalue weighted by molar-refractivity contribution is 7.10. The number of hydrogen-bond donors (Lipinski definition) is 1. The third-order valence-electron chi connectivity index (χ3n) is 5.01. The molecule has 1 fully saturated rings. The lowest BCUT2D eigenvalue weighted by molar-refractivity contribution is 0.133. The zero-order chi connectivity index (χ0) is 15.5. The van der Waals surface area contributed by atoms with E-state index >= 15 is 0 Å².